The minimum atomic E-state index is -4.42. The summed E-state index contributed by atoms with van der Waals surface area (Å²) in [5, 5.41) is 0. The molecule has 0 aromatic heterocycles. The topological polar surface area (TPSA) is 40.6 Å². The van der Waals surface area contributed by atoms with Crippen molar-refractivity contribution in [1.29, 1.82) is 0 Å². The summed E-state index contributed by atoms with van der Waals surface area (Å²) in [4.78, 5) is 29.0. The number of carbonyl (C=O) groups excluding carboxylic acids is 2. The third-order valence-electron chi connectivity index (χ3n) is 5.11. The van der Waals surface area contributed by atoms with E-state index in [1.807, 2.05) is 45.0 Å². The number of benzene rings is 2. The van der Waals surface area contributed by atoms with Gasteiger partial charge >= 0.3 is 6.18 Å². The van der Waals surface area contributed by atoms with Gasteiger partial charge in [0.2, 0.25) is 5.91 Å². The van der Waals surface area contributed by atoms with Crippen LogP contribution in [0.2, 0.25) is 0 Å². The maximum absolute atomic E-state index is 13.2. The van der Waals surface area contributed by atoms with Crippen LogP contribution < -0.4 is 0 Å². The highest BCUT2D eigenvalue weighted by molar-refractivity contribution is 5.95. The Kier molecular flexibility index (Phi) is 5.68. The first-order valence-electron chi connectivity index (χ1n) is 9.40. The fraction of sp³-hybridized carbons (Fsp3) is 0.364. The van der Waals surface area contributed by atoms with E-state index in [1.165, 1.54) is 21.9 Å². The van der Waals surface area contributed by atoms with Crippen LogP contribution in [0.25, 0.3) is 0 Å². The highest BCUT2D eigenvalue weighted by Gasteiger charge is 2.41. The second-order valence-corrected chi connectivity index (χ2v) is 7.59. The fourth-order valence-corrected chi connectivity index (χ4v) is 3.43. The molecule has 3 rings (SSSR count). The quantitative estimate of drug-likeness (QED) is 0.761. The van der Waals surface area contributed by atoms with Crippen LogP contribution in [0.5, 0.6) is 0 Å². The Hall–Kier alpha value is -2.83. The Morgan fingerprint density at radius 2 is 1.59 bits per heavy atom. The molecule has 0 aliphatic carbocycles. The van der Waals surface area contributed by atoms with Gasteiger partial charge in [-0.3, -0.25) is 9.59 Å². The van der Waals surface area contributed by atoms with Gasteiger partial charge in [-0.25, -0.2) is 0 Å². The molecule has 29 heavy (non-hydrogen) atoms. The van der Waals surface area contributed by atoms with E-state index >= 15 is 0 Å². The van der Waals surface area contributed by atoms with Gasteiger partial charge in [-0.05, 0) is 44.0 Å². The summed E-state index contributed by atoms with van der Waals surface area (Å²) in [5.41, 5.74) is 1.50. The molecule has 2 aromatic carbocycles. The van der Waals surface area contributed by atoms with Gasteiger partial charge in [0.1, 0.15) is 12.6 Å². The van der Waals surface area contributed by atoms with Gasteiger partial charge in [0, 0.05) is 12.6 Å². The van der Waals surface area contributed by atoms with Crippen molar-refractivity contribution < 1.29 is 22.8 Å². The molecule has 0 bridgehead atoms. The van der Waals surface area contributed by atoms with E-state index in [-0.39, 0.29) is 30.9 Å². The SMILES string of the molecule is Cc1ccc(C2C(=O)N(C(C)C)CC(=O)N2Cc2ccc(C(F)(F)F)cc2)cc1. The Bertz CT molecular complexity index is 890. The first-order chi connectivity index (χ1) is 13.6. The molecule has 0 N–H and O–H groups in total. The average molecular weight is 404 g/mol. The molecular weight excluding hydrogens is 381 g/mol. The third kappa shape index (κ3) is 4.44. The summed E-state index contributed by atoms with van der Waals surface area (Å²) in [6, 6.07) is 11.1. The number of alkyl halides is 3. The Labute approximate surface area is 167 Å². The molecule has 1 unspecified atom stereocenters. The molecule has 2 amide bonds. The normalized spacial score (nSPS) is 18.0. The molecule has 0 spiro atoms. The van der Waals surface area contributed by atoms with Crippen LogP contribution in [-0.2, 0) is 22.3 Å². The zero-order valence-electron chi connectivity index (χ0n) is 16.5. The van der Waals surface area contributed by atoms with Gasteiger partial charge in [0.05, 0.1) is 5.56 Å². The van der Waals surface area contributed by atoms with E-state index < -0.39 is 17.8 Å². The summed E-state index contributed by atoms with van der Waals surface area (Å²) >= 11 is 0. The summed E-state index contributed by atoms with van der Waals surface area (Å²) in [6.45, 7) is 5.65. The second kappa shape index (κ2) is 7.89. The first kappa shape index (κ1) is 20.9. The van der Waals surface area contributed by atoms with Crippen molar-refractivity contribution in [3.05, 3.63) is 70.8 Å². The van der Waals surface area contributed by atoms with Crippen LogP contribution in [0.15, 0.2) is 48.5 Å². The standard InChI is InChI=1S/C22H23F3N2O2/c1-14(2)26-13-19(28)27(12-16-6-10-18(11-7-16)22(23,24)25)20(21(26)29)17-8-4-15(3)5-9-17/h4-11,14,20H,12-13H2,1-3H3. The number of rotatable bonds is 4. The van der Waals surface area contributed by atoms with Gasteiger partial charge < -0.3 is 9.80 Å². The minimum Gasteiger partial charge on any atom is -0.329 e. The average Bonchev–Trinajstić information content (AvgIpc) is 2.65. The van der Waals surface area contributed by atoms with E-state index in [9.17, 15) is 22.8 Å². The minimum absolute atomic E-state index is 0.0422. The molecule has 1 saturated heterocycles. The van der Waals surface area contributed by atoms with Gasteiger partial charge in [-0.2, -0.15) is 13.2 Å². The van der Waals surface area contributed by atoms with E-state index in [2.05, 4.69) is 0 Å². The van der Waals surface area contributed by atoms with Gasteiger partial charge in [0.15, 0.2) is 0 Å². The number of hydrogen-bond donors (Lipinski definition) is 0. The number of nitrogens with zero attached hydrogens (tertiary/aromatic N) is 2. The lowest BCUT2D eigenvalue weighted by molar-refractivity contribution is -0.158. The zero-order valence-corrected chi connectivity index (χ0v) is 16.5. The van der Waals surface area contributed by atoms with Crippen LogP contribution in [0, 0.1) is 6.92 Å². The number of amides is 2. The van der Waals surface area contributed by atoms with Gasteiger partial charge in [-0.15, -0.1) is 0 Å². The molecule has 0 saturated carbocycles. The molecule has 1 heterocycles. The Morgan fingerprint density at radius 3 is 2.10 bits per heavy atom. The Morgan fingerprint density at radius 1 is 1.00 bits per heavy atom. The molecule has 7 heteroatoms. The maximum Gasteiger partial charge on any atom is 0.416 e. The highest BCUT2D eigenvalue weighted by atomic mass is 19.4. The molecule has 2 aromatic rings. The number of hydrogen-bond acceptors (Lipinski definition) is 2. The zero-order chi connectivity index (χ0) is 21.3. The van der Waals surface area contributed by atoms with Crippen molar-refractivity contribution in [1.82, 2.24) is 9.80 Å². The van der Waals surface area contributed by atoms with E-state index in [0.717, 1.165) is 17.7 Å². The first-order valence-corrected chi connectivity index (χ1v) is 9.40. The third-order valence-corrected chi connectivity index (χ3v) is 5.11. The molecule has 1 atom stereocenters. The molecule has 1 aliphatic heterocycles. The number of piperazine rings is 1. The summed E-state index contributed by atoms with van der Waals surface area (Å²) in [6.07, 6.45) is -4.42. The van der Waals surface area contributed by atoms with Crippen LogP contribution in [0.1, 0.15) is 42.1 Å². The second-order valence-electron chi connectivity index (χ2n) is 7.59. The molecular formula is C22H23F3N2O2. The maximum atomic E-state index is 13.2. The molecule has 0 radical (unpaired) electrons. The van der Waals surface area contributed by atoms with Crippen molar-refractivity contribution in [2.75, 3.05) is 6.54 Å². The van der Waals surface area contributed by atoms with Crippen LogP contribution in [0.3, 0.4) is 0 Å². The molecule has 4 nitrogen and oxygen atoms in total. The van der Waals surface area contributed by atoms with Crippen LogP contribution >= 0.6 is 0 Å². The van der Waals surface area contributed by atoms with Crippen molar-refractivity contribution in [2.45, 2.75) is 45.6 Å². The fourth-order valence-electron chi connectivity index (χ4n) is 3.43. The predicted molar refractivity (Wildman–Crippen MR) is 103 cm³/mol. The van der Waals surface area contributed by atoms with E-state index in [4.69, 9.17) is 0 Å². The lowest BCUT2D eigenvalue weighted by atomic mass is 9.98. The lowest BCUT2D eigenvalue weighted by Gasteiger charge is -2.42. The lowest BCUT2D eigenvalue weighted by Crippen LogP contribution is -2.56. The van der Waals surface area contributed by atoms with E-state index in [1.54, 1.807) is 0 Å². The highest BCUT2D eigenvalue weighted by Crippen LogP contribution is 2.32. The van der Waals surface area contributed by atoms with Crippen molar-refractivity contribution >= 4 is 11.8 Å². The number of halogens is 3. The summed E-state index contributed by atoms with van der Waals surface area (Å²) in [7, 11) is 0. The largest absolute Gasteiger partial charge is 0.416 e. The van der Waals surface area contributed by atoms with Crippen molar-refractivity contribution in [3.8, 4) is 0 Å². The molecule has 154 valence electrons. The van der Waals surface area contributed by atoms with E-state index in [0.29, 0.717) is 11.1 Å². The van der Waals surface area contributed by atoms with Crippen LogP contribution in [0.4, 0.5) is 13.2 Å². The van der Waals surface area contributed by atoms with Gasteiger partial charge in [0.25, 0.3) is 5.91 Å². The molecule has 1 aliphatic rings. The predicted octanol–water partition coefficient (Wildman–Crippen LogP) is 4.33. The van der Waals surface area contributed by atoms with Crippen molar-refractivity contribution in [3.63, 3.8) is 0 Å². The van der Waals surface area contributed by atoms with Crippen molar-refractivity contribution in [2.24, 2.45) is 0 Å². The van der Waals surface area contributed by atoms with Gasteiger partial charge in [-0.1, -0.05) is 42.0 Å². The smallest absolute Gasteiger partial charge is 0.329 e. The summed E-state index contributed by atoms with van der Waals surface area (Å²) < 4.78 is 38.4. The number of carbonyl (C=O) groups is 2. The summed E-state index contributed by atoms with van der Waals surface area (Å²) in [5.74, 6) is -0.417. The molecule has 1 fully saturated rings. The van der Waals surface area contributed by atoms with Crippen LogP contribution in [-0.4, -0.2) is 34.2 Å². The number of aryl methyl sites for hydroxylation is 1. The monoisotopic (exact) mass is 404 g/mol. The Balaban J connectivity index is 1.94.